The first kappa shape index (κ1) is 21.4. The summed E-state index contributed by atoms with van der Waals surface area (Å²) in [5, 5.41) is 7.44. The zero-order valence-corrected chi connectivity index (χ0v) is 19.5. The number of rotatable bonds is 3. The fraction of sp³-hybridized carbons (Fsp3) is 0.269. The smallest absolute Gasteiger partial charge is 0.174 e. The molecule has 0 radical (unpaired) electrons. The Morgan fingerprint density at radius 3 is 2.82 bits per heavy atom. The van der Waals surface area contributed by atoms with Crippen LogP contribution >= 0.6 is 12.2 Å². The Kier molecular flexibility index (Phi) is 5.50. The molecule has 2 N–H and O–H groups in total. The molecule has 1 atom stereocenters. The molecule has 7 heteroatoms. The molecule has 0 saturated carbocycles. The molecule has 0 bridgehead atoms. The van der Waals surface area contributed by atoms with E-state index in [1.807, 2.05) is 59.6 Å². The standard InChI is InChI=1S/C26H26N4O2S/c1-26(2)13-20-23(22(31)14-26)24(17-7-5-11-27-15-17)30(21-10-4-3-9-19(21)29-20)25(33)28-16-18-8-6-12-32-18/h3-12,15,24,29H,13-14,16H2,1-2H3,(H,28,33)/t24-/m1/s1. The third-order valence-corrected chi connectivity index (χ3v) is 6.45. The zero-order chi connectivity index (χ0) is 23.0. The van der Waals surface area contributed by atoms with Crippen LogP contribution in [0.2, 0.25) is 0 Å². The lowest BCUT2D eigenvalue weighted by atomic mass is 9.73. The second-order valence-corrected chi connectivity index (χ2v) is 9.66. The number of furan rings is 1. The van der Waals surface area contributed by atoms with Crippen molar-refractivity contribution in [3.8, 4) is 0 Å². The normalized spacial score (nSPS) is 19.3. The highest BCUT2D eigenvalue weighted by atomic mass is 32.1. The number of aromatic nitrogens is 1. The summed E-state index contributed by atoms with van der Waals surface area (Å²) in [6, 6.07) is 15.3. The number of para-hydroxylation sites is 2. The molecular weight excluding hydrogens is 432 g/mol. The van der Waals surface area contributed by atoms with E-state index < -0.39 is 6.04 Å². The minimum Gasteiger partial charge on any atom is -0.467 e. The van der Waals surface area contributed by atoms with Crippen molar-refractivity contribution in [3.05, 3.63) is 89.8 Å². The Morgan fingerprint density at radius 2 is 2.06 bits per heavy atom. The minimum absolute atomic E-state index is 0.120. The van der Waals surface area contributed by atoms with Crippen molar-refractivity contribution >= 4 is 34.5 Å². The topological polar surface area (TPSA) is 70.4 Å². The Bertz CT molecular complexity index is 1220. The number of hydrogen-bond donors (Lipinski definition) is 2. The Balaban J connectivity index is 1.66. The van der Waals surface area contributed by atoms with Gasteiger partial charge in [0.05, 0.1) is 30.2 Å². The maximum absolute atomic E-state index is 13.6. The molecule has 1 aromatic carbocycles. The van der Waals surface area contributed by atoms with E-state index in [0.717, 1.165) is 40.4 Å². The van der Waals surface area contributed by atoms with Crippen molar-refractivity contribution in [1.29, 1.82) is 0 Å². The van der Waals surface area contributed by atoms with Crippen molar-refractivity contribution in [2.24, 2.45) is 5.41 Å². The van der Waals surface area contributed by atoms with Crippen LogP contribution in [0.1, 0.15) is 44.1 Å². The third kappa shape index (κ3) is 4.16. The molecule has 33 heavy (non-hydrogen) atoms. The molecule has 168 valence electrons. The largest absolute Gasteiger partial charge is 0.467 e. The van der Waals surface area contributed by atoms with Gasteiger partial charge in [0.15, 0.2) is 10.9 Å². The van der Waals surface area contributed by atoms with Crippen LogP contribution in [0, 0.1) is 5.41 Å². The van der Waals surface area contributed by atoms with Gasteiger partial charge in [0.2, 0.25) is 0 Å². The van der Waals surface area contributed by atoms with Gasteiger partial charge in [0, 0.05) is 30.1 Å². The van der Waals surface area contributed by atoms with Gasteiger partial charge in [-0.3, -0.25) is 9.78 Å². The quantitative estimate of drug-likeness (QED) is 0.512. The zero-order valence-electron chi connectivity index (χ0n) is 18.7. The Morgan fingerprint density at radius 1 is 1.21 bits per heavy atom. The highest BCUT2D eigenvalue weighted by Gasteiger charge is 2.42. The van der Waals surface area contributed by atoms with Crippen molar-refractivity contribution in [2.45, 2.75) is 39.3 Å². The summed E-state index contributed by atoms with van der Waals surface area (Å²) in [4.78, 5) is 20.0. The van der Waals surface area contributed by atoms with E-state index in [1.54, 1.807) is 12.5 Å². The summed E-state index contributed by atoms with van der Waals surface area (Å²) in [6.45, 7) is 4.73. The highest BCUT2D eigenvalue weighted by molar-refractivity contribution is 7.80. The summed E-state index contributed by atoms with van der Waals surface area (Å²) in [5.41, 5.74) is 4.32. The molecule has 1 aliphatic heterocycles. The van der Waals surface area contributed by atoms with Crippen LogP contribution < -0.4 is 15.5 Å². The lowest BCUT2D eigenvalue weighted by Gasteiger charge is -2.38. The van der Waals surface area contributed by atoms with E-state index in [4.69, 9.17) is 16.6 Å². The van der Waals surface area contributed by atoms with Gasteiger partial charge < -0.3 is 20.0 Å². The fourth-order valence-electron chi connectivity index (χ4n) is 4.72. The van der Waals surface area contributed by atoms with Crippen LogP contribution in [0.15, 0.2) is 82.9 Å². The van der Waals surface area contributed by atoms with E-state index >= 15 is 0 Å². The number of fused-ring (bicyclic) bond motifs is 1. The number of thiocarbonyl (C=S) groups is 1. The molecule has 3 aromatic rings. The predicted molar refractivity (Wildman–Crippen MR) is 133 cm³/mol. The van der Waals surface area contributed by atoms with Gasteiger partial charge in [0.25, 0.3) is 0 Å². The SMILES string of the molecule is CC1(C)CC(=O)C2=C(C1)Nc1ccccc1N(C(=S)NCc1ccco1)[C@@H]2c1cccnc1. The van der Waals surface area contributed by atoms with Crippen LogP contribution in [0.25, 0.3) is 0 Å². The molecule has 2 aliphatic rings. The molecule has 5 rings (SSSR count). The number of ketones is 1. The highest BCUT2D eigenvalue weighted by Crippen LogP contribution is 2.48. The van der Waals surface area contributed by atoms with Crippen LogP contribution in [0.5, 0.6) is 0 Å². The van der Waals surface area contributed by atoms with Gasteiger partial charge in [-0.1, -0.05) is 32.0 Å². The van der Waals surface area contributed by atoms with Crippen molar-refractivity contribution in [2.75, 3.05) is 10.2 Å². The number of nitrogens with zero attached hydrogens (tertiary/aromatic N) is 2. The van der Waals surface area contributed by atoms with E-state index in [2.05, 4.69) is 29.5 Å². The lowest BCUT2D eigenvalue weighted by Crippen LogP contribution is -2.44. The molecule has 0 amide bonds. The average molecular weight is 459 g/mol. The monoisotopic (exact) mass is 458 g/mol. The van der Waals surface area contributed by atoms with Crippen LogP contribution in [-0.4, -0.2) is 15.9 Å². The van der Waals surface area contributed by atoms with Crippen molar-refractivity contribution in [1.82, 2.24) is 10.3 Å². The van der Waals surface area contributed by atoms with Crippen LogP contribution in [0.3, 0.4) is 0 Å². The molecule has 2 aromatic heterocycles. The number of carbonyl (C=O) groups is 1. The number of Topliss-reactive ketones (excluding diaryl/α,β-unsaturated/α-hetero) is 1. The number of allylic oxidation sites excluding steroid dienone is 1. The summed E-state index contributed by atoms with van der Waals surface area (Å²) >= 11 is 5.93. The van der Waals surface area contributed by atoms with E-state index in [1.165, 1.54) is 0 Å². The number of pyridine rings is 1. The van der Waals surface area contributed by atoms with Gasteiger partial charge in [-0.25, -0.2) is 0 Å². The number of carbonyl (C=O) groups excluding carboxylic acids is 1. The van der Waals surface area contributed by atoms with Gasteiger partial charge in [-0.15, -0.1) is 0 Å². The number of hydrogen-bond acceptors (Lipinski definition) is 5. The van der Waals surface area contributed by atoms with Gasteiger partial charge in [0.1, 0.15) is 5.76 Å². The average Bonchev–Trinajstić information content (AvgIpc) is 3.26. The summed E-state index contributed by atoms with van der Waals surface area (Å²) < 4.78 is 5.48. The van der Waals surface area contributed by atoms with Gasteiger partial charge in [-0.2, -0.15) is 0 Å². The van der Waals surface area contributed by atoms with Gasteiger partial charge in [-0.05, 0) is 59.9 Å². The predicted octanol–water partition coefficient (Wildman–Crippen LogP) is 5.37. The molecular formula is C26H26N4O2S. The maximum Gasteiger partial charge on any atom is 0.174 e. The fourth-order valence-corrected chi connectivity index (χ4v) is 5.00. The van der Waals surface area contributed by atoms with E-state index in [-0.39, 0.29) is 11.2 Å². The molecule has 0 fully saturated rings. The summed E-state index contributed by atoms with van der Waals surface area (Å²) in [7, 11) is 0. The van der Waals surface area contributed by atoms with Crippen LogP contribution in [-0.2, 0) is 11.3 Å². The first-order chi connectivity index (χ1) is 15.9. The second kappa shape index (κ2) is 8.48. The summed E-state index contributed by atoms with van der Waals surface area (Å²) in [5.74, 6) is 0.918. The number of nitrogens with one attached hydrogen (secondary N) is 2. The lowest BCUT2D eigenvalue weighted by molar-refractivity contribution is -0.118. The number of benzene rings is 1. The van der Waals surface area contributed by atoms with Crippen LogP contribution in [0.4, 0.5) is 11.4 Å². The van der Waals surface area contributed by atoms with Crippen molar-refractivity contribution in [3.63, 3.8) is 0 Å². The van der Waals surface area contributed by atoms with E-state index in [0.29, 0.717) is 18.1 Å². The molecule has 3 heterocycles. The molecule has 0 unspecified atom stereocenters. The first-order valence-electron chi connectivity index (χ1n) is 11.0. The molecule has 0 spiro atoms. The first-order valence-corrected chi connectivity index (χ1v) is 11.5. The van der Waals surface area contributed by atoms with Crippen molar-refractivity contribution < 1.29 is 9.21 Å². The second-order valence-electron chi connectivity index (χ2n) is 9.27. The Labute approximate surface area is 198 Å². The van der Waals surface area contributed by atoms with Gasteiger partial charge >= 0.3 is 0 Å². The third-order valence-electron chi connectivity index (χ3n) is 6.11. The Hall–Kier alpha value is -3.45. The van der Waals surface area contributed by atoms with E-state index in [9.17, 15) is 4.79 Å². The summed E-state index contributed by atoms with van der Waals surface area (Å²) in [6.07, 6.45) is 6.47. The molecule has 0 saturated heterocycles. The molecule has 6 nitrogen and oxygen atoms in total. The molecule has 1 aliphatic carbocycles. The number of anilines is 2. The maximum atomic E-state index is 13.6. The minimum atomic E-state index is -0.398.